The second kappa shape index (κ2) is 11.5. The van der Waals surface area contributed by atoms with Gasteiger partial charge >= 0.3 is 5.97 Å². The highest BCUT2D eigenvalue weighted by Crippen LogP contribution is 2.38. The summed E-state index contributed by atoms with van der Waals surface area (Å²) >= 11 is 2.77. The van der Waals surface area contributed by atoms with Crippen molar-refractivity contribution in [3.05, 3.63) is 52.9 Å². The number of benzene rings is 1. The lowest BCUT2D eigenvalue weighted by Crippen LogP contribution is -2.16. The predicted molar refractivity (Wildman–Crippen MR) is 138 cm³/mol. The van der Waals surface area contributed by atoms with Crippen molar-refractivity contribution in [2.24, 2.45) is 0 Å². The van der Waals surface area contributed by atoms with Crippen LogP contribution < -0.4 is 10.1 Å². The maximum atomic E-state index is 12.9. The number of thiophene rings is 1. The second-order valence-electron chi connectivity index (χ2n) is 8.03. The summed E-state index contributed by atoms with van der Waals surface area (Å²) in [5.74, 6) is 0.955. The monoisotopic (exact) mass is 512 g/mol. The van der Waals surface area contributed by atoms with Gasteiger partial charge in [0.05, 0.1) is 25.5 Å². The fourth-order valence-corrected chi connectivity index (χ4v) is 6.13. The summed E-state index contributed by atoms with van der Waals surface area (Å²) in [7, 11) is 2.99. The van der Waals surface area contributed by atoms with Crippen LogP contribution in [0.3, 0.4) is 0 Å². The lowest BCUT2D eigenvalue weighted by atomic mass is 10.1. The van der Waals surface area contributed by atoms with E-state index in [2.05, 4.69) is 22.1 Å². The second-order valence-corrected chi connectivity index (χ2v) is 10.1. The largest absolute Gasteiger partial charge is 0.497 e. The third-order valence-corrected chi connectivity index (χ3v) is 7.95. The summed E-state index contributed by atoms with van der Waals surface area (Å²) in [5.41, 5.74) is 2.42. The third kappa shape index (κ3) is 5.59. The van der Waals surface area contributed by atoms with Gasteiger partial charge in [-0.2, -0.15) is 0 Å². The average Bonchev–Trinajstić information content (AvgIpc) is 3.34. The van der Waals surface area contributed by atoms with E-state index in [9.17, 15) is 9.59 Å². The number of amides is 1. The number of methoxy groups -OCH3 is 2. The van der Waals surface area contributed by atoms with E-state index in [-0.39, 0.29) is 11.7 Å². The minimum absolute atomic E-state index is 0.126. The number of carbonyl (C=O) groups excluding carboxylic acids is 2. The molecule has 10 heteroatoms. The van der Waals surface area contributed by atoms with Crippen LogP contribution in [-0.4, -0.2) is 46.6 Å². The molecular weight excluding hydrogens is 484 g/mol. The van der Waals surface area contributed by atoms with E-state index in [1.165, 1.54) is 35.1 Å². The zero-order chi connectivity index (χ0) is 24.8. The molecule has 0 spiro atoms. The van der Waals surface area contributed by atoms with Gasteiger partial charge in [-0.25, -0.2) is 4.79 Å². The van der Waals surface area contributed by atoms with Crippen LogP contribution in [0.4, 0.5) is 5.00 Å². The Labute approximate surface area is 212 Å². The van der Waals surface area contributed by atoms with Crippen LogP contribution in [0.15, 0.2) is 42.1 Å². The Bertz CT molecular complexity index is 1220. The number of esters is 1. The summed E-state index contributed by atoms with van der Waals surface area (Å²) in [4.78, 5) is 26.6. The number of aromatic nitrogens is 3. The first-order chi connectivity index (χ1) is 17.0. The molecule has 1 aromatic carbocycles. The van der Waals surface area contributed by atoms with Crippen molar-refractivity contribution >= 4 is 40.0 Å². The van der Waals surface area contributed by atoms with E-state index < -0.39 is 5.97 Å². The zero-order valence-electron chi connectivity index (χ0n) is 19.8. The molecule has 0 radical (unpaired) electrons. The maximum Gasteiger partial charge on any atom is 0.341 e. The topological polar surface area (TPSA) is 95.3 Å². The number of ether oxygens (including phenoxy) is 2. The van der Waals surface area contributed by atoms with Gasteiger partial charge in [-0.15, -0.1) is 28.1 Å². The molecule has 0 atom stereocenters. The first-order valence-corrected chi connectivity index (χ1v) is 13.2. The average molecular weight is 513 g/mol. The Balaban J connectivity index is 1.50. The van der Waals surface area contributed by atoms with Gasteiger partial charge in [0.15, 0.2) is 11.0 Å². The SMILES string of the molecule is C=CCn1c(SCC(=O)Nc2sc3c(c2C(=O)OC)CCCCC3)nnc1-c1ccc(OC)cc1. The Morgan fingerprint density at radius 2 is 1.94 bits per heavy atom. The van der Waals surface area contributed by atoms with E-state index >= 15 is 0 Å². The molecule has 0 unspecified atom stereocenters. The number of aryl methyl sites for hydroxylation is 1. The molecular formula is C25H28N4O4S2. The molecule has 35 heavy (non-hydrogen) atoms. The van der Waals surface area contributed by atoms with Crippen LogP contribution in [0.25, 0.3) is 11.4 Å². The Morgan fingerprint density at radius 1 is 1.17 bits per heavy atom. The lowest BCUT2D eigenvalue weighted by molar-refractivity contribution is -0.113. The highest BCUT2D eigenvalue weighted by molar-refractivity contribution is 7.99. The number of anilines is 1. The Hall–Kier alpha value is -3.11. The molecule has 0 saturated carbocycles. The molecule has 1 N–H and O–H groups in total. The minimum atomic E-state index is -0.401. The van der Waals surface area contributed by atoms with Crippen molar-refractivity contribution in [3.63, 3.8) is 0 Å². The number of hydrogen-bond acceptors (Lipinski definition) is 8. The van der Waals surface area contributed by atoms with Gasteiger partial charge in [0.1, 0.15) is 10.8 Å². The van der Waals surface area contributed by atoms with Gasteiger partial charge < -0.3 is 14.8 Å². The number of allylic oxidation sites excluding steroid dienone is 1. The first kappa shape index (κ1) is 25.0. The van der Waals surface area contributed by atoms with Crippen LogP contribution in [0.5, 0.6) is 5.75 Å². The van der Waals surface area contributed by atoms with Crippen molar-refractivity contribution < 1.29 is 19.1 Å². The van der Waals surface area contributed by atoms with Crippen molar-refractivity contribution in [1.29, 1.82) is 0 Å². The van der Waals surface area contributed by atoms with E-state index in [1.54, 1.807) is 13.2 Å². The molecule has 2 heterocycles. The van der Waals surface area contributed by atoms with Crippen LogP contribution in [0, 0.1) is 0 Å². The molecule has 1 aliphatic rings. The van der Waals surface area contributed by atoms with Crippen LogP contribution in [0.2, 0.25) is 0 Å². The molecule has 8 nitrogen and oxygen atoms in total. The van der Waals surface area contributed by atoms with E-state index in [1.807, 2.05) is 28.8 Å². The van der Waals surface area contributed by atoms with Crippen molar-refractivity contribution in [3.8, 4) is 17.1 Å². The van der Waals surface area contributed by atoms with Gasteiger partial charge in [0, 0.05) is 17.0 Å². The van der Waals surface area contributed by atoms with E-state index in [0.717, 1.165) is 49.0 Å². The number of hydrogen-bond donors (Lipinski definition) is 1. The lowest BCUT2D eigenvalue weighted by Gasteiger charge is -2.09. The van der Waals surface area contributed by atoms with E-state index in [0.29, 0.717) is 28.1 Å². The summed E-state index contributed by atoms with van der Waals surface area (Å²) in [6.07, 6.45) is 6.79. The molecule has 4 rings (SSSR count). The highest BCUT2D eigenvalue weighted by atomic mass is 32.2. The Morgan fingerprint density at radius 3 is 2.66 bits per heavy atom. The fraction of sp³-hybridized carbons (Fsp3) is 0.360. The van der Waals surface area contributed by atoms with Crippen LogP contribution >= 0.6 is 23.1 Å². The summed E-state index contributed by atoms with van der Waals surface area (Å²) in [6, 6.07) is 7.56. The molecule has 0 fully saturated rings. The minimum Gasteiger partial charge on any atom is -0.497 e. The molecule has 2 aromatic heterocycles. The highest BCUT2D eigenvalue weighted by Gasteiger charge is 2.26. The van der Waals surface area contributed by atoms with Gasteiger partial charge in [-0.1, -0.05) is 24.3 Å². The quantitative estimate of drug-likeness (QED) is 0.187. The van der Waals surface area contributed by atoms with Gasteiger partial charge in [0.2, 0.25) is 5.91 Å². The van der Waals surface area contributed by atoms with E-state index in [4.69, 9.17) is 9.47 Å². The molecule has 1 aliphatic carbocycles. The number of thioether (sulfide) groups is 1. The predicted octanol–water partition coefficient (Wildman–Crippen LogP) is 4.99. The molecule has 3 aromatic rings. The zero-order valence-corrected chi connectivity index (χ0v) is 21.5. The summed E-state index contributed by atoms with van der Waals surface area (Å²) in [5, 5.41) is 12.8. The number of nitrogens with zero attached hydrogens (tertiary/aromatic N) is 3. The number of fused-ring (bicyclic) bond motifs is 1. The molecule has 1 amide bonds. The number of carbonyl (C=O) groups is 2. The van der Waals surface area contributed by atoms with Gasteiger partial charge in [-0.05, 0) is 55.5 Å². The molecule has 184 valence electrons. The maximum absolute atomic E-state index is 12.9. The fourth-order valence-electron chi connectivity index (χ4n) is 4.08. The summed E-state index contributed by atoms with van der Waals surface area (Å²) < 4.78 is 12.2. The van der Waals surface area contributed by atoms with Crippen LogP contribution in [-0.2, 0) is 28.9 Å². The number of rotatable bonds is 9. The molecule has 0 saturated heterocycles. The molecule has 0 bridgehead atoms. The molecule has 0 aliphatic heterocycles. The Kier molecular flexibility index (Phi) is 8.25. The standard InChI is InChI=1S/C25H28N4O4S2/c1-4-14-29-22(16-10-12-17(32-2)13-11-16)27-28-25(29)34-15-20(30)26-23-21(24(31)33-3)18-8-6-5-7-9-19(18)35-23/h4,10-13H,1,5-9,14-15H2,2-3H3,(H,26,30). The van der Waals surface area contributed by atoms with Crippen molar-refractivity contribution in [2.45, 2.75) is 43.8 Å². The normalized spacial score (nSPS) is 13.0. The number of nitrogens with one attached hydrogen (secondary N) is 1. The van der Waals surface area contributed by atoms with Crippen LogP contribution in [0.1, 0.15) is 40.1 Å². The van der Waals surface area contributed by atoms with Gasteiger partial charge in [-0.3, -0.25) is 9.36 Å². The summed E-state index contributed by atoms with van der Waals surface area (Å²) in [6.45, 7) is 4.34. The van der Waals surface area contributed by atoms with Gasteiger partial charge in [0.25, 0.3) is 0 Å². The van der Waals surface area contributed by atoms with Crippen molar-refractivity contribution in [2.75, 3.05) is 25.3 Å². The van der Waals surface area contributed by atoms with Crippen molar-refractivity contribution in [1.82, 2.24) is 14.8 Å². The first-order valence-electron chi connectivity index (χ1n) is 11.4. The third-order valence-electron chi connectivity index (χ3n) is 5.77. The smallest absolute Gasteiger partial charge is 0.341 e.